The van der Waals surface area contributed by atoms with Crippen molar-refractivity contribution in [2.24, 2.45) is 0 Å². The lowest BCUT2D eigenvalue weighted by atomic mass is 10.1. The van der Waals surface area contributed by atoms with Crippen LogP contribution in [-0.2, 0) is 11.3 Å². The molecule has 178 valence electrons. The van der Waals surface area contributed by atoms with Gasteiger partial charge in [0, 0.05) is 30.6 Å². The van der Waals surface area contributed by atoms with Gasteiger partial charge in [-0.2, -0.15) is 0 Å². The summed E-state index contributed by atoms with van der Waals surface area (Å²) >= 11 is 1.41. The Morgan fingerprint density at radius 3 is 2.65 bits per heavy atom. The summed E-state index contributed by atoms with van der Waals surface area (Å²) in [5, 5.41) is 10.1. The maximum Gasteiger partial charge on any atom is 0.259 e. The summed E-state index contributed by atoms with van der Waals surface area (Å²) in [6, 6.07) is 3.65. The largest absolute Gasteiger partial charge is 0.466 e. The minimum Gasteiger partial charge on any atom is -0.466 e. The number of anilines is 1. The van der Waals surface area contributed by atoms with Crippen molar-refractivity contribution >= 4 is 33.5 Å². The summed E-state index contributed by atoms with van der Waals surface area (Å²) in [6.07, 6.45) is 0.388. The molecular formula is C24H27N5O4S. The van der Waals surface area contributed by atoms with E-state index in [-0.39, 0.29) is 18.1 Å². The standard InChI is InChI=1S/C24H27N5O4S/c1-12-6-18(16(5)32-12)20-7-19(21-15(4)28-33-23(21)26-20)22(30)27-24-25-17(11-34-24)10-29-8-13(2)31-14(3)9-29/h6-7,11,13-14H,8-10H2,1-5H3,(H,25,27,30). The van der Waals surface area contributed by atoms with Crippen molar-refractivity contribution in [3.63, 3.8) is 0 Å². The van der Waals surface area contributed by atoms with Crippen LogP contribution in [0.15, 0.2) is 26.5 Å². The average molecular weight is 482 g/mol. The fraction of sp³-hybridized carbons (Fsp3) is 0.417. The predicted molar refractivity (Wildman–Crippen MR) is 129 cm³/mol. The molecule has 0 radical (unpaired) electrons. The number of hydrogen-bond donors (Lipinski definition) is 1. The third kappa shape index (κ3) is 4.48. The molecular weight excluding hydrogens is 454 g/mol. The van der Waals surface area contributed by atoms with Crippen LogP contribution in [-0.4, -0.2) is 51.2 Å². The zero-order valence-electron chi connectivity index (χ0n) is 19.8. The Kier molecular flexibility index (Phi) is 5.97. The van der Waals surface area contributed by atoms with Crippen LogP contribution in [0.3, 0.4) is 0 Å². The zero-order chi connectivity index (χ0) is 24.0. The number of carbonyl (C=O) groups is 1. The molecule has 2 unspecified atom stereocenters. The van der Waals surface area contributed by atoms with Gasteiger partial charge in [0.2, 0.25) is 0 Å². The number of ether oxygens (including phenoxy) is 1. The predicted octanol–water partition coefficient (Wildman–Crippen LogP) is 4.73. The molecule has 1 aliphatic rings. The van der Waals surface area contributed by atoms with Crippen molar-refractivity contribution in [1.29, 1.82) is 0 Å². The number of nitrogens with one attached hydrogen (secondary N) is 1. The molecule has 9 nitrogen and oxygen atoms in total. The Morgan fingerprint density at radius 2 is 1.94 bits per heavy atom. The second-order valence-corrected chi connectivity index (χ2v) is 9.74. The number of fused-ring (bicyclic) bond motifs is 1. The number of amides is 1. The molecule has 2 atom stereocenters. The van der Waals surface area contributed by atoms with E-state index in [9.17, 15) is 4.79 Å². The van der Waals surface area contributed by atoms with Gasteiger partial charge in [-0.15, -0.1) is 11.3 Å². The van der Waals surface area contributed by atoms with Crippen molar-refractivity contribution < 1.29 is 18.5 Å². The second-order valence-electron chi connectivity index (χ2n) is 8.88. The van der Waals surface area contributed by atoms with Crippen molar-refractivity contribution in [2.75, 3.05) is 18.4 Å². The monoisotopic (exact) mass is 481 g/mol. The smallest absolute Gasteiger partial charge is 0.259 e. The molecule has 1 N–H and O–H groups in total. The fourth-order valence-corrected chi connectivity index (χ4v) is 5.24. The molecule has 5 rings (SSSR count). The Bertz CT molecular complexity index is 1350. The first kappa shape index (κ1) is 22.7. The van der Waals surface area contributed by atoms with Crippen LogP contribution in [0.5, 0.6) is 0 Å². The lowest BCUT2D eigenvalue weighted by Crippen LogP contribution is -2.44. The van der Waals surface area contributed by atoms with Crippen LogP contribution in [0, 0.1) is 20.8 Å². The van der Waals surface area contributed by atoms with Gasteiger partial charge in [-0.25, -0.2) is 9.97 Å². The number of aryl methyl sites for hydroxylation is 3. The maximum absolute atomic E-state index is 13.3. The number of aromatic nitrogens is 3. The van der Waals surface area contributed by atoms with E-state index >= 15 is 0 Å². The van der Waals surface area contributed by atoms with Gasteiger partial charge in [0.1, 0.15) is 11.5 Å². The quantitative estimate of drug-likeness (QED) is 0.436. The minimum absolute atomic E-state index is 0.194. The van der Waals surface area contributed by atoms with Crippen LogP contribution in [0.2, 0.25) is 0 Å². The van der Waals surface area contributed by atoms with Crippen LogP contribution in [0.4, 0.5) is 5.13 Å². The highest BCUT2D eigenvalue weighted by molar-refractivity contribution is 7.14. The number of pyridine rings is 1. The van der Waals surface area contributed by atoms with E-state index < -0.39 is 0 Å². The molecule has 0 aromatic carbocycles. The van der Waals surface area contributed by atoms with Gasteiger partial charge >= 0.3 is 0 Å². The van der Waals surface area contributed by atoms with E-state index in [0.717, 1.165) is 42.4 Å². The van der Waals surface area contributed by atoms with Gasteiger partial charge in [0.25, 0.3) is 11.6 Å². The van der Waals surface area contributed by atoms with Gasteiger partial charge in [0.15, 0.2) is 5.13 Å². The Labute approximate surface area is 201 Å². The van der Waals surface area contributed by atoms with Crippen LogP contribution < -0.4 is 5.32 Å². The van der Waals surface area contributed by atoms with Gasteiger partial charge in [-0.1, -0.05) is 5.16 Å². The number of morpholine rings is 1. The molecule has 4 aromatic rings. The Morgan fingerprint density at radius 1 is 1.18 bits per heavy atom. The lowest BCUT2D eigenvalue weighted by molar-refractivity contribution is -0.0707. The molecule has 4 aromatic heterocycles. The normalized spacial score (nSPS) is 19.1. The molecule has 34 heavy (non-hydrogen) atoms. The SMILES string of the molecule is Cc1cc(-c2cc(C(=O)Nc3nc(CN4CC(C)OC(C)C4)cs3)c3c(C)noc3n2)c(C)o1. The first-order chi connectivity index (χ1) is 16.3. The number of hydrogen-bond acceptors (Lipinski definition) is 9. The van der Waals surface area contributed by atoms with E-state index in [0.29, 0.717) is 33.2 Å². The molecule has 0 aliphatic carbocycles. The van der Waals surface area contributed by atoms with Crippen LogP contribution in [0.1, 0.15) is 47.1 Å². The number of nitrogens with zero attached hydrogens (tertiary/aromatic N) is 4. The van der Waals surface area contributed by atoms with Crippen molar-refractivity contribution in [3.8, 4) is 11.3 Å². The van der Waals surface area contributed by atoms with Crippen LogP contribution in [0.25, 0.3) is 22.4 Å². The third-order valence-corrected chi connectivity index (χ3v) is 6.64. The zero-order valence-corrected chi connectivity index (χ0v) is 20.7. The lowest BCUT2D eigenvalue weighted by Gasteiger charge is -2.34. The van der Waals surface area contributed by atoms with Crippen molar-refractivity contribution in [3.05, 3.63) is 46.0 Å². The molecule has 1 fully saturated rings. The average Bonchev–Trinajstić information content (AvgIpc) is 3.45. The van der Waals surface area contributed by atoms with Gasteiger partial charge < -0.3 is 13.7 Å². The summed E-state index contributed by atoms with van der Waals surface area (Å²) in [6.45, 7) is 12.1. The molecule has 1 amide bonds. The number of furan rings is 1. The van der Waals surface area contributed by atoms with E-state index in [4.69, 9.17) is 13.7 Å². The van der Waals surface area contributed by atoms with Gasteiger partial charge in [0.05, 0.1) is 40.2 Å². The number of thiazole rings is 1. The summed E-state index contributed by atoms with van der Waals surface area (Å²) in [5.41, 5.74) is 3.69. The highest BCUT2D eigenvalue weighted by atomic mass is 32.1. The molecule has 1 saturated heterocycles. The number of carbonyl (C=O) groups excluding carboxylic acids is 1. The fourth-order valence-electron chi connectivity index (χ4n) is 4.54. The summed E-state index contributed by atoms with van der Waals surface area (Å²) in [5.74, 6) is 1.21. The summed E-state index contributed by atoms with van der Waals surface area (Å²) in [7, 11) is 0. The summed E-state index contributed by atoms with van der Waals surface area (Å²) < 4.78 is 16.9. The minimum atomic E-state index is -0.285. The molecule has 0 spiro atoms. The Balaban J connectivity index is 1.40. The van der Waals surface area contributed by atoms with E-state index in [2.05, 4.69) is 39.2 Å². The molecule has 10 heteroatoms. The van der Waals surface area contributed by atoms with Crippen molar-refractivity contribution in [1.82, 2.24) is 20.0 Å². The first-order valence-corrected chi connectivity index (χ1v) is 12.1. The molecule has 0 saturated carbocycles. The maximum atomic E-state index is 13.3. The van der Waals surface area contributed by atoms with Gasteiger partial charge in [-0.05, 0) is 46.8 Å². The van der Waals surface area contributed by atoms with Crippen LogP contribution >= 0.6 is 11.3 Å². The highest BCUT2D eigenvalue weighted by Gasteiger charge is 2.24. The van der Waals surface area contributed by atoms with E-state index in [1.165, 1.54) is 11.3 Å². The van der Waals surface area contributed by atoms with E-state index in [1.54, 1.807) is 13.0 Å². The Hall–Kier alpha value is -3.08. The van der Waals surface area contributed by atoms with Gasteiger partial charge in [-0.3, -0.25) is 15.0 Å². The third-order valence-electron chi connectivity index (χ3n) is 5.83. The molecule has 1 aliphatic heterocycles. The first-order valence-electron chi connectivity index (χ1n) is 11.2. The van der Waals surface area contributed by atoms with Crippen molar-refractivity contribution in [2.45, 2.75) is 53.4 Å². The summed E-state index contributed by atoms with van der Waals surface area (Å²) in [4.78, 5) is 24.9. The molecule has 0 bridgehead atoms. The second kappa shape index (κ2) is 8.94. The topological polar surface area (TPSA) is 107 Å². The number of rotatable bonds is 5. The highest BCUT2D eigenvalue weighted by Crippen LogP contribution is 2.31. The molecule has 5 heterocycles. The van der Waals surface area contributed by atoms with E-state index in [1.807, 2.05) is 25.3 Å².